The second kappa shape index (κ2) is 7.45. The molecule has 33 heavy (non-hydrogen) atoms. The number of rotatable bonds is 4. The van der Waals surface area contributed by atoms with Gasteiger partial charge in [0.05, 0.1) is 40.8 Å². The molecule has 0 atom stereocenters. The lowest BCUT2D eigenvalue weighted by molar-refractivity contribution is 0.179. The highest BCUT2D eigenvalue weighted by atomic mass is 16.7. The van der Waals surface area contributed by atoms with Crippen LogP contribution in [-0.2, 0) is 7.05 Å². The predicted molar refractivity (Wildman–Crippen MR) is 125 cm³/mol. The Balaban J connectivity index is 1.54. The molecular formula is C25H18N6O2. The maximum atomic E-state index is 13.3. The van der Waals surface area contributed by atoms with Gasteiger partial charge < -0.3 is 4.84 Å². The molecule has 0 radical (unpaired) electrons. The van der Waals surface area contributed by atoms with Crippen LogP contribution in [0.15, 0.2) is 96.4 Å². The summed E-state index contributed by atoms with van der Waals surface area (Å²) < 4.78 is 3.33. The molecule has 2 aromatic carbocycles. The lowest BCUT2D eigenvalue weighted by Crippen LogP contribution is -2.20. The van der Waals surface area contributed by atoms with E-state index in [0.717, 1.165) is 38.8 Å². The van der Waals surface area contributed by atoms with E-state index in [0.29, 0.717) is 5.75 Å². The summed E-state index contributed by atoms with van der Waals surface area (Å²) in [6.45, 7) is 0. The molecule has 0 spiro atoms. The Kier molecular flexibility index (Phi) is 4.29. The highest BCUT2D eigenvalue weighted by Crippen LogP contribution is 2.29. The molecule has 0 bridgehead atoms. The zero-order chi connectivity index (χ0) is 22.4. The Morgan fingerprint density at radius 1 is 0.909 bits per heavy atom. The molecule has 0 N–H and O–H groups in total. The third-order valence-corrected chi connectivity index (χ3v) is 5.65. The molecule has 0 aliphatic rings. The molecule has 6 rings (SSSR count). The molecule has 8 heteroatoms. The molecule has 0 fully saturated rings. The van der Waals surface area contributed by atoms with Crippen LogP contribution < -0.4 is 10.5 Å². The van der Waals surface area contributed by atoms with Gasteiger partial charge in [-0.2, -0.15) is 0 Å². The molecular weight excluding hydrogens is 416 g/mol. The van der Waals surface area contributed by atoms with E-state index in [4.69, 9.17) is 4.84 Å². The minimum Gasteiger partial charge on any atom is -0.358 e. The number of aryl methyl sites for hydroxylation is 1. The van der Waals surface area contributed by atoms with Gasteiger partial charge in [-0.25, -0.2) is 4.79 Å². The fourth-order valence-corrected chi connectivity index (χ4v) is 4.02. The second-order valence-electron chi connectivity index (χ2n) is 7.64. The van der Waals surface area contributed by atoms with E-state index >= 15 is 0 Å². The average molecular weight is 434 g/mol. The molecule has 4 heterocycles. The van der Waals surface area contributed by atoms with Gasteiger partial charge in [0.25, 0.3) is 0 Å². The van der Waals surface area contributed by atoms with Crippen molar-refractivity contribution in [3.05, 3.63) is 102 Å². The van der Waals surface area contributed by atoms with Crippen LogP contribution in [0.25, 0.3) is 38.8 Å². The van der Waals surface area contributed by atoms with Crippen LogP contribution in [0.5, 0.6) is 5.75 Å². The van der Waals surface area contributed by atoms with Crippen molar-refractivity contribution >= 4 is 21.9 Å². The lowest BCUT2D eigenvalue weighted by atomic mass is 10.0. The van der Waals surface area contributed by atoms with Gasteiger partial charge >= 0.3 is 5.69 Å². The molecule has 0 aliphatic carbocycles. The standard InChI is InChI=1S/C25H18N6O2/c1-29-23-16-27-22-10-5-17(18-4-2-11-26-15-18)14-21(22)24(23)31(25(29)32)19-6-8-20(9-7-19)33-30-13-3-12-28-30/h2-16H,1H3. The van der Waals surface area contributed by atoms with Gasteiger partial charge in [0.1, 0.15) is 0 Å². The summed E-state index contributed by atoms with van der Waals surface area (Å²) in [5.41, 5.74) is 4.97. The number of hydrogen-bond donors (Lipinski definition) is 0. The van der Waals surface area contributed by atoms with Gasteiger partial charge in [-0.1, -0.05) is 12.1 Å². The molecule has 0 saturated carbocycles. The smallest absolute Gasteiger partial charge is 0.333 e. The zero-order valence-corrected chi connectivity index (χ0v) is 17.7. The highest BCUT2D eigenvalue weighted by Gasteiger charge is 2.17. The number of nitrogens with zero attached hydrogens (tertiary/aromatic N) is 6. The number of aromatic nitrogens is 6. The summed E-state index contributed by atoms with van der Waals surface area (Å²) in [6.07, 6.45) is 8.67. The van der Waals surface area contributed by atoms with Gasteiger partial charge in [-0.15, -0.1) is 9.94 Å². The van der Waals surface area contributed by atoms with Gasteiger partial charge in [-0.05, 0) is 54.1 Å². The van der Waals surface area contributed by atoms with E-state index < -0.39 is 0 Å². The normalized spacial score (nSPS) is 11.3. The van der Waals surface area contributed by atoms with Crippen molar-refractivity contribution in [2.75, 3.05) is 0 Å². The summed E-state index contributed by atoms with van der Waals surface area (Å²) in [5.74, 6) is 0.612. The molecule has 0 saturated heterocycles. The summed E-state index contributed by atoms with van der Waals surface area (Å²) in [6, 6.07) is 19.1. The molecule has 160 valence electrons. The van der Waals surface area contributed by atoms with Crippen LogP contribution in [0.1, 0.15) is 0 Å². The Morgan fingerprint density at radius 3 is 2.55 bits per heavy atom. The number of pyridine rings is 2. The van der Waals surface area contributed by atoms with Gasteiger partial charge in [0.15, 0.2) is 5.75 Å². The third-order valence-electron chi connectivity index (χ3n) is 5.65. The summed E-state index contributed by atoms with van der Waals surface area (Å²) >= 11 is 0. The van der Waals surface area contributed by atoms with Crippen molar-refractivity contribution in [3.8, 4) is 22.6 Å². The zero-order valence-electron chi connectivity index (χ0n) is 17.7. The fourth-order valence-electron chi connectivity index (χ4n) is 4.02. The first-order valence-electron chi connectivity index (χ1n) is 10.4. The van der Waals surface area contributed by atoms with Crippen molar-refractivity contribution < 1.29 is 4.84 Å². The van der Waals surface area contributed by atoms with Crippen LogP contribution >= 0.6 is 0 Å². The summed E-state index contributed by atoms with van der Waals surface area (Å²) in [7, 11) is 1.76. The van der Waals surface area contributed by atoms with Crippen molar-refractivity contribution in [1.29, 1.82) is 0 Å². The monoisotopic (exact) mass is 434 g/mol. The Labute approximate surface area is 187 Å². The first-order valence-corrected chi connectivity index (χ1v) is 10.4. The summed E-state index contributed by atoms with van der Waals surface area (Å²) in [4.78, 5) is 29.1. The van der Waals surface area contributed by atoms with Gasteiger partial charge in [0.2, 0.25) is 0 Å². The molecule has 8 nitrogen and oxygen atoms in total. The van der Waals surface area contributed by atoms with Crippen LogP contribution in [-0.4, -0.2) is 29.0 Å². The second-order valence-corrected chi connectivity index (χ2v) is 7.64. The number of imidazole rings is 1. The fraction of sp³-hybridized carbons (Fsp3) is 0.0400. The minimum atomic E-state index is -0.146. The average Bonchev–Trinajstić information content (AvgIpc) is 3.46. The van der Waals surface area contributed by atoms with E-state index in [1.54, 1.807) is 47.0 Å². The quantitative estimate of drug-likeness (QED) is 0.419. The van der Waals surface area contributed by atoms with E-state index in [9.17, 15) is 4.79 Å². The first kappa shape index (κ1) is 19.0. The number of hydrogen-bond acceptors (Lipinski definition) is 5. The predicted octanol–water partition coefficient (Wildman–Crippen LogP) is 3.98. The van der Waals surface area contributed by atoms with E-state index in [1.807, 2.05) is 54.7 Å². The molecule has 0 aliphatic heterocycles. The first-order chi connectivity index (χ1) is 16.2. The molecule has 0 amide bonds. The third kappa shape index (κ3) is 3.16. The van der Waals surface area contributed by atoms with Crippen LogP contribution in [0, 0.1) is 0 Å². The van der Waals surface area contributed by atoms with E-state index in [2.05, 4.69) is 21.1 Å². The lowest BCUT2D eigenvalue weighted by Gasteiger charge is -2.09. The van der Waals surface area contributed by atoms with Crippen molar-refractivity contribution in [1.82, 2.24) is 29.0 Å². The minimum absolute atomic E-state index is 0.146. The summed E-state index contributed by atoms with van der Waals surface area (Å²) in [5, 5.41) is 4.93. The van der Waals surface area contributed by atoms with Crippen LogP contribution in [0.3, 0.4) is 0 Å². The van der Waals surface area contributed by atoms with E-state index in [-0.39, 0.29) is 5.69 Å². The molecule has 4 aromatic heterocycles. The SMILES string of the molecule is Cn1c(=O)n(-c2ccc(On3cccn3)cc2)c2c3cc(-c4cccnc4)ccc3ncc21. The van der Waals surface area contributed by atoms with Crippen molar-refractivity contribution in [2.24, 2.45) is 7.05 Å². The van der Waals surface area contributed by atoms with Gasteiger partial charge in [0, 0.05) is 30.4 Å². The topological polar surface area (TPSA) is 79.8 Å². The Hall–Kier alpha value is -4.72. The van der Waals surface area contributed by atoms with Crippen LogP contribution in [0.4, 0.5) is 0 Å². The van der Waals surface area contributed by atoms with Crippen molar-refractivity contribution in [3.63, 3.8) is 0 Å². The maximum absolute atomic E-state index is 13.3. The Morgan fingerprint density at radius 2 is 1.79 bits per heavy atom. The Bertz CT molecular complexity index is 1650. The van der Waals surface area contributed by atoms with Gasteiger partial charge in [-0.3, -0.25) is 19.1 Å². The van der Waals surface area contributed by atoms with Crippen LogP contribution in [0.2, 0.25) is 0 Å². The molecule has 0 unspecified atom stereocenters. The van der Waals surface area contributed by atoms with E-state index in [1.165, 1.54) is 4.85 Å². The maximum Gasteiger partial charge on any atom is 0.333 e. The van der Waals surface area contributed by atoms with Crippen molar-refractivity contribution in [2.45, 2.75) is 0 Å². The largest absolute Gasteiger partial charge is 0.358 e. The molecule has 6 aromatic rings. The highest BCUT2D eigenvalue weighted by molar-refractivity contribution is 6.04. The number of benzene rings is 2. The number of fused-ring (bicyclic) bond motifs is 3.